The number of rotatable bonds is 3. The number of primary sulfonamides is 1. The number of furan rings is 1. The minimum atomic E-state index is -3.69. The minimum Gasteiger partial charge on any atom is -0.455 e. The number of sulfonamides is 1. The second-order valence-electron chi connectivity index (χ2n) is 3.52. The molecule has 0 aliphatic carbocycles. The molecule has 2 rings (SSSR count). The van der Waals surface area contributed by atoms with Crippen LogP contribution in [0.15, 0.2) is 50.9 Å². The number of hydrogen-bond acceptors (Lipinski definition) is 5. The Kier molecular flexibility index (Phi) is 3.17. The molecule has 0 unspecified atom stereocenters. The fraction of sp³-hybridized carbons (Fsp3) is 0. The molecule has 0 aliphatic heterocycles. The Hall–Kier alpha value is -2.12. The summed E-state index contributed by atoms with van der Waals surface area (Å²) >= 11 is 0. The molecule has 0 amide bonds. The van der Waals surface area contributed by atoms with Gasteiger partial charge in [0, 0.05) is 5.56 Å². The van der Waals surface area contributed by atoms with Crippen molar-refractivity contribution in [1.82, 2.24) is 0 Å². The topological polar surface area (TPSA) is 106 Å². The normalized spacial score (nSPS) is 12.1. The molecule has 7 heteroatoms. The predicted molar refractivity (Wildman–Crippen MR) is 64.9 cm³/mol. The number of nitrogens with two attached hydrogens (primary N) is 1. The second kappa shape index (κ2) is 4.63. The van der Waals surface area contributed by atoms with Crippen LogP contribution in [0.4, 0.5) is 0 Å². The van der Waals surface area contributed by atoms with Crippen LogP contribution in [0.25, 0.3) is 11.3 Å². The maximum absolute atomic E-state index is 11.1. The number of oxime groups is 1. The summed E-state index contributed by atoms with van der Waals surface area (Å²) in [7, 11) is -3.69. The van der Waals surface area contributed by atoms with E-state index in [1.54, 1.807) is 24.3 Å². The summed E-state index contributed by atoms with van der Waals surface area (Å²) in [4.78, 5) is 0.0370. The quantitative estimate of drug-likeness (QED) is 0.497. The first-order valence-electron chi connectivity index (χ1n) is 4.91. The number of hydrogen-bond donors (Lipinski definition) is 2. The smallest absolute Gasteiger partial charge is 0.238 e. The largest absolute Gasteiger partial charge is 0.455 e. The zero-order valence-electron chi connectivity index (χ0n) is 9.15. The third-order valence-corrected chi connectivity index (χ3v) is 3.21. The molecule has 1 aromatic carbocycles. The highest BCUT2D eigenvalue weighted by Gasteiger charge is 2.09. The Morgan fingerprint density at radius 1 is 1.17 bits per heavy atom. The Balaban J connectivity index is 2.34. The number of benzene rings is 1. The maximum atomic E-state index is 11.1. The average Bonchev–Trinajstić information content (AvgIpc) is 2.77. The molecule has 0 bridgehead atoms. The van der Waals surface area contributed by atoms with E-state index >= 15 is 0 Å². The third-order valence-electron chi connectivity index (χ3n) is 2.28. The lowest BCUT2D eigenvalue weighted by Crippen LogP contribution is -2.11. The van der Waals surface area contributed by atoms with Gasteiger partial charge in [-0.3, -0.25) is 0 Å². The Bertz CT molecular complexity index is 671. The van der Waals surface area contributed by atoms with Crippen molar-refractivity contribution in [2.45, 2.75) is 4.90 Å². The van der Waals surface area contributed by atoms with Crippen LogP contribution in [0.2, 0.25) is 0 Å². The van der Waals surface area contributed by atoms with E-state index in [2.05, 4.69) is 5.16 Å². The highest BCUT2D eigenvalue weighted by Crippen LogP contribution is 2.22. The SMILES string of the molecule is NS(=O)(=O)c1ccc(-c2ccc(/C=N\O)o2)cc1. The van der Waals surface area contributed by atoms with Gasteiger partial charge in [0.1, 0.15) is 17.7 Å². The summed E-state index contributed by atoms with van der Waals surface area (Å²) in [5.41, 5.74) is 0.694. The van der Waals surface area contributed by atoms with Crippen LogP contribution in [0, 0.1) is 0 Å². The van der Waals surface area contributed by atoms with Gasteiger partial charge in [0.2, 0.25) is 10.0 Å². The highest BCUT2D eigenvalue weighted by molar-refractivity contribution is 7.89. The van der Waals surface area contributed by atoms with Crippen LogP contribution >= 0.6 is 0 Å². The fourth-order valence-electron chi connectivity index (χ4n) is 1.44. The van der Waals surface area contributed by atoms with Gasteiger partial charge in [0.15, 0.2) is 0 Å². The lowest BCUT2D eigenvalue weighted by atomic mass is 10.2. The van der Waals surface area contributed by atoms with E-state index in [-0.39, 0.29) is 4.90 Å². The third kappa shape index (κ3) is 2.58. The van der Waals surface area contributed by atoms with Crippen LogP contribution in [-0.2, 0) is 10.0 Å². The molecule has 0 atom stereocenters. The van der Waals surface area contributed by atoms with Crippen molar-refractivity contribution >= 4 is 16.2 Å². The zero-order valence-corrected chi connectivity index (χ0v) is 9.96. The first-order chi connectivity index (χ1) is 8.50. The van der Waals surface area contributed by atoms with Gasteiger partial charge in [-0.05, 0) is 36.4 Å². The molecule has 1 aromatic heterocycles. The van der Waals surface area contributed by atoms with Gasteiger partial charge < -0.3 is 9.62 Å². The lowest BCUT2D eigenvalue weighted by Gasteiger charge is -1.99. The molecule has 3 N–H and O–H groups in total. The Labute approximate surface area is 103 Å². The van der Waals surface area contributed by atoms with Gasteiger partial charge in [-0.25, -0.2) is 13.6 Å². The zero-order chi connectivity index (χ0) is 13.2. The van der Waals surface area contributed by atoms with E-state index in [0.29, 0.717) is 17.1 Å². The summed E-state index contributed by atoms with van der Waals surface area (Å²) in [6.07, 6.45) is 1.15. The van der Waals surface area contributed by atoms with Crippen LogP contribution in [0.1, 0.15) is 5.76 Å². The molecule has 2 aromatic rings. The molecule has 1 heterocycles. The van der Waals surface area contributed by atoms with E-state index in [1.165, 1.54) is 12.1 Å². The molecule has 0 fully saturated rings. The lowest BCUT2D eigenvalue weighted by molar-refractivity contribution is 0.321. The van der Waals surface area contributed by atoms with E-state index in [0.717, 1.165) is 6.21 Å². The van der Waals surface area contributed by atoms with Gasteiger partial charge in [0.05, 0.1) is 4.90 Å². The fourth-order valence-corrected chi connectivity index (χ4v) is 1.96. The summed E-state index contributed by atoms with van der Waals surface area (Å²) in [5, 5.41) is 16.2. The van der Waals surface area contributed by atoms with Crippen LogP contribution in [0.5, 0.6) is 0 Å². The molecule has 0 saturated heterocycles. The van der Waals surface area contributed by atoms with Crippen molar-refractivity contribution in [1.29, 1.82) is 0 Å². The van der Waals surface area contributed by atoms with Gasteiger partial charge in [0.25, 0.3) is 0 Å². The van der Waals surface area contributed by atoms with E-state index in [9.17, 15) is 8.42 Å². The number of nitrogens with zero attached hydrogens (tertiary/aromatic N) is 1. The van der Waals surface area contributed by atoms with Crippen molar-refractivity contribution in [3.63, 3.8) is 0 Å². The van der Waals surface area contributed by atoms with E-state index < -0.39 is 10.0 Å². The molecule has 6 nitrogen and oxygen atoms in total. The maximum Gasteiger partial charge on any atom is 0.238 e. The molecular formula is C11H10N2O4S. The van der Waals surface area contributed by atoms with Crippen LogP contribution < -0.4 is 5.14 Å². The molecule has 0 aliphatic rings. The van der Waals surface area contributed by atoms with Crippen molar-refractivity contribution in [2.75, 3.05) is 0 Å². The first-order valence-corrected chi connectivity index (χ1v) is 6.46. The van der Waals surface area contributed by atoms with Crippen molar-refractivity contribution < 1.29 is 18.0 Å². The average molecular weight is 266 g/mol. The molecule has 94 valence electrons. The van der Waals surface area contributed by atoms with Gasteiger partial charge in [-0.15, -0.1) is 0 Å². The van der Waals surface area contributed by atoms with Crippen molar-refractivity contribution in [2.24, 2.45) is 10.3 Å². The van der Waals surface area contributed by atoms with Crippen LogP contribution in [-0.4, -0.2) is 19.8 Å². The Morgan fingerprint density at radius 2 is 1.83 bits per heavy atom. The Morgan fingerprint density at radius 3 is 2.39 bits per heavy atom. The van der Waals surface area contributed by atoms with Crippen molar-refractivity contribution in [3.05, 3.63) is 42.2 Å². The summed E-state index contributed by atoms with van der Waals surface area (Å²) in [5.74, 6) is 0.925. The van der Waals surface area contributed by atoms with Gasteiger partial charge >= 0.3 is 0 Å². The monoisotopic (exact) mass is 266 g/mol. The molecule has 0 spiro atoms. The summed E-state index contributed by atoms with van der Waals surface area (Å²) in [6, 6.07) is 9.27. The summed E-state index contributed by atoms with van der Waals surface area (Å²) in [6.45, 7) is 0. The highest BCUT2D eigenvalue weighted by atomic mass is 32.2. The first kappa shape index (κ1) is 12.3. The van der Waals surface area contributed by atoms with Gasteiger partial charge in [-0.1, -0.05) is 5.16 Å². The minimum absolute atomic E-state index is 0.0370. The molecule has 18 heavy (non-hydrogen) atoms. The summed E-state index contributed by atoms with van der Waals surface area (Å²) < 4.78 is 27.5. The van der Waals surface area contributed by atoms with Gasteiger partial charge in [-0.2, -0.15) is 0 Å². The van der Waals surface area contributed by atoms with Crippen molar-refractivity contribution in [3.8, 4) is 11.3 Å². The van der Waals surface area contributed by atoms with Crippen LogP contribution in [0.3, 0.4) is 0 Å². The molecule has 0 radical (unpaired) electrons. The van der Waals surface area contributed by atoms with E-state index in [4.69, 9.17) is 14.8 Å². The molecule has 0 saturated carbocycles. The van der Waals surface area contributed by atoms with E-state index in [1.807, 2.05) is 0 Å². The predicted octanol–water partition coefficient (Wildman–Crippen LogP) is 1.40. The second-order valence-corrected chi connectivity index (χ2v) is 5.08. The standard InChI is InChI=1S/C11H10N2O4S/c12-18(15,16)10-4-1-8(2-5-10)11-6-3-9(17-11)7-13-14/h1-7,14H,(H2,12,15,16)/b13-7-. The molecular weight excluding hydrogens is 256 g/mol.